The van der Waals surface area contributed by atoms with Gasteiger partial charge in [0.05, 0.1) is 0 Å². The number of para-hydroxylation sites is 1. The van der Waals surface area contributed by atoms with E-state index in [9.17, 15) is 13.2 Å². The Labute approximate surface area is 202 Å². The number of nitrogens with one attached hydrogen (secondary N) is 1. The average molecular weight is 489 g/mol. The number of rotatable bonds is 7. The zero-order valence-corrected chi connectivity index (χ0v) is 21.2. The number of carbonyl (C=O) groups excluding carboxylic acids is 1. The van der Waals surface area contributed by atoms with Gasteiger partial charge in [-0.2, -0.15) is 4.31 Å². The topological polar surface area (TPSA) is 95.8 Å². The molecule has 0 bridgehead atoms. The van der Waals surface area contributed by atoms with Gasteiger partial charge >= 0.3 is 0 Å². The van der Waals surface area contributed by atoms with Crippen LogP contribution in [-0.2, 0) is 21.4 Å². The molecule has 1 aliphatic heterocycles. The summed E-state index contributed by atoms with van der Waals surface area (Å²) in [6.07, 6.45) is 7.35. The molecule has 1 saturated carbocycles. The summed E-state index contributed by atoms with van der Waals surface area (Å²) in [5.41, 5.74) is 2.33. The maximum absolute atomic E-state index is 13.1. The number of piperidine rings is 1. The van der Waals surface area contributed by atoms with E-state index < -0.39 is 10.0 Å². The number of benzene rings is 1. The van der Waals surface area contributed by atoms with Gasteiger partial charge < -0.3 is 9.84 Å². The summed E-state index contributed by atoms with van der Waals surface area (Å²) in [6, 6.07) is 8.59. The molecule has 34 heavy (non-hydrogen) atoms. The fourth-order valence-electron chi connectivity index (χ4n) is 5.26. The third-order valence-electron chi connectivity index (χ3n) is 7.28. The Morgan fingerprint density at radius 3 is 2.44 bits per heavy atom. The number of aryl methyl sites for hydroxylation is 2. The molecule has 1 N–H and O–H groups in total. The lowest BCUT2D eigenvalue weighted by Gasteiger charge is -2.32. The molecule has 2 aliphatic rings. The van der Waals surface area contributed by atoms with Crippen LogP contribution in [0.4, 0.5) is 5.69 Å². The molecule has 1 aliphatic carbocycles. The van der Waals surface area contributed by atoms with Gasteiger partial charge in [0.25, 0.3) is 0 Å². The van der Waals surface area contributed by atoms with Gasteiger partial charge in [0.2, 0.25) is 15.9 Å². The van der Waals surface area contributed by atoms with Gasteiger partial charge in [0, 0.05) is 37.3 Å². The lowest BCUT2D eigenvalue weighted by Crippen LogP contribution is -2.41. The Morgan fingerprint density at radius 1 is 1.12 bits per heavy atom. The molecule has 0 spiro atoms. The zero-order valence-electron chi connectivity index (χ0n) is 20.4. The van der Waals surface area contributed by atoms with Crippen LogP contribution < -0.4 is 5.32 Å². The molecular weight excluding hydrogens is 452 g/mol. The van der Waals surface area contributed by atoms with Crippen LogP contribution in [0.15, 0.2) is 33.7 Å². The first-order valence-electron chi connectivity index (χ1n) is 12.3. The highest BCUT2D eigenvalue weighted by Crippen LogP contribution is 2.29. The van der Waals surface area contributed by atoms with Crippen LogP contribution in [0, 0.1) is 19.8 Å². The molecular formula is C25H36N4O4S. The first kappa shape index (κ1) is 24.9. The van der Waals surface area contributed by atoms with Gasteiger partial charge in [-0.3, -0.25) is 9.69 Å². The van der Waals surface area contributed by atoms with Crippen molar-refractivity contribution in [3.05, 3.63) is 41.3 Å². The standard InChI is InChI=1S/C25H36N4O4S/c1-18-24(19(2)33-27-18)34(31,32)29-15-13-20(14-16-29)25(30)26-23-12-8-7-9-21(23)17-28(3)22-10-5-4-6-11-22/h7-9,12,20,22H,4-6,10-11,13-17H2,1-3H3,(H,26,30). The second-order valence-corrected chi connectivity index (χ2v) is 11.6. The van der Waals surface area contributed by atoms with Crippen LogP contribution in [0.1, 0.15) is 62.0 Å². The average Bonchev–Trinajstić information content (AvgIpc) is 3.19. The van der Waals surface area contributed by atoms with E-state index in [0.29, 0.717) is 43.4 Å². The van der Waals surface area contributed by atoms with Gasteiger partial charge in [-0.15, -0.1) is 0 Å². The van der Waals surface area contributed by atoms with Crippen LogP contribution in [0.5, 0.6) is 0 Å². The van der Waals surface area contributed by atoms with Crippen LogP contribution >= 0.6 is 0 Å². The van der Waals surface area contributed by atoms with Gasteiger partial charge in [-0.1, -0.05) is 42.6 Å². The van der Waals surface area contributed by atoms with Crippen molar-refractivity contribution in [2.45, 2.75) is 76.3 Å². The number of anilines is 1. The molecule has 0 radical (unpaired) electrons. The van der Waals surface area contributed by atoms with Crippen molar-refractivity contribution in [1.82, 2.24) is 14.4 Å². The highest BCUT2D eigenvalue weighted by molar-refractivity contribution is 7.89. The van der Waals surface area contributed by atoms with Crippen molar-refractivity contribution in [3.8, 4) is 0 Å². The molecule has 186 valence electrons. The van der Waals surface area contributed by atoms with Crippen LogP contribution in [0.2, 0.25) is 0 Å². The summed E-state index contributed by atoms with van der Waals surface area (Å²) in [6.45, 7) is 4.64. The molecule has 9 heteroatoms. The van der Waals surface area contributed by atoms with E-state index in [4.69, 9.17) is 4.52 Å². The van der Waals surface area contributed by atoms with Crippen LogP contribution in [0.25, 0.3) is 0 Å². The minimum atomic E-state index is -3.68. The summed E-state index contributed by atoms with van der Waals surface area (Å²) in [5, 5.41) is 6.91. The molecule has 8 nitrogen and oxygen atoms in total. The van der Waals surface area contributed by atoms with Crippen molar-refractivity contribution in [1.29, 1.82) is 0 Å². The molecule has 1 aromatic carbocycles. The summed E-state index contributed by atoms with van der Waals surface area (Å²) in [4.78, 5) is 15.6. The number of nitrogens with zero attached hydrogens (tertiary/aromatic N) is 3. The SMILES string of the molecule is Cc1noc(C)c1S(=O)(=O)N1CCC(C(=O)Nc2ccccc2CN(C)C2CCCCC2)CC1. The highest BCUT2D eigenvalue weighted by Gasteiger charge is 2.35. The van der Waals surface area contributed by atoms with Gasteiger partial charge in [0.15, 0.2) is 5.76 Å². The Kier molecular flexibility index (Phi) is 7.74. The summed E-state index contributed by atoms with van der Waals surface area (Å²) >= 11 is 0. The minimum absolute atomic E-state index is 0.0397. The van der Waals surface area contributed by atoms with Crippen LogP contribution in [-0.4, -0.2) is 54.9 Å². The van der Waals surface area contributed by atoms with Crippen molar-refractivity contribution < 1.29 is 17.7 Å². The van der Waals surface area contributed by atoms with Crippen molar-refractivity contribution >= 4 is 21.6 Å². The number of sulfonamides is 1. The van der Waals surface area contributed by atoms with Crippen molar-refractivity contribution in [3.63, 3.8) is 0 Å². The first-order valence-corrected chi connectivity index (χ1v) is 13.7. The Bertz CT molecular complexity index is 1080. The Morgan fingerprint density at radius 2 is 1.79 bits per heavy atom. The third kappa shape index (κ3) is 5.37. The van der Waals surface area contributed by atoms with E-state index in [-0.39, 0.29) is 16.7 Å². The molecule has 2 heterocycles. The normalized spacial score (nSPS) is 18.9. The molecule has 0 atom stereocenters. The molecule has 4 rings (SSSR count). The monoisotopic (exact) mass is 488 g/mol. The quantitative estimate of drug-likeness (QED) is 0.631. The maximum atomic E-state index is 13.1. The first-order chi connectivity index (χ1) is 16.3. The molecule has 1 amide bonds. The fourth-order valence-corrected chi connectivity index (χ4v) is 7.03. The van der Waals surface area contributed by atoms with E-state index >= 15 is 0 Å². The second kappa shape index (κ2) is 10.6. The predicted octanol–water partition coefficient (Wildman–Crippen LogP) is 4.10. The molecule has 2 aromatic rings. The predicted molar refractivity (Wildman–Crippen MR) is 131 cm³/mol. The van der Waals surface area contributed by atoms with E-state index in [0.717, 1.165) is 17.8 Å². The van der Waals surface area contributed by atoms with E-state index in [2.05, 4.69) is 28.5 Å². The summed E-state index contributed by atoms with van der Waals surface area (Å²) < 4.78 is 32.6. The Hall–Kier alpha value is -2.23. The van der Waals surface area contributed by atoms with Crippen molar-refractivity contribution in [2.24, 2.45) is 5.92 Å². The largest absolute Gasteiger partial charge is 0.360 e. The van der Waals surface area contributed by atoms with E-state index in [1.165, 1.54) is 36.4 Å². The lowest BCUT2D eigenvalue weighted by atomic mass is 9.94. The highest BCUT2D eigenvalue weighted by atomic mass is 32.2. The lowest BCUT2D eigenvalue weighted by molar-refractivity contribution is -0.120. The van der Waals surface area contributed by atoms with Gasteiger partial charge in [0.1, 0.15) is 10.6 Å². The van der Waals surface area contributed by atoms with E-state index in [1.807, 2.05) is 18.2 Å². The maximum Gasteiger partial charge on any atom is 0.248 e. The van der Waals surface area contributed by atoms with Crippen molar-refractivity contribution in [2.75, 3.05) is 25.5 Å². The van der Waals surface area contributed by atoms with E-state index in [1.54, 1.807) is 13.8 Å². The van der Waals surface area contributed by atoms with Crippen LogP contribution in [0.3, 0.4) is 0 Å². The Balaban J connectivity index is 1.36. The minimum Gasteiger partial charge on any atom is -0.360 e. The number of hydrogen-bond acceptors (Lipinski definition) is 6. The zero-order chi connectivity index (χ0) is 24.3. The number of hydrogen-bond donors (Lipinski definition) is 1. The second-order valence-electron chi connectivity index (χ2n) is 9.69. The molecule has 0 unspecified atom stereocenters. The number of aromatic nitrogens is 1. The summed E-state index contributed by atoms with van der Waals surface area (Å²) in [7, 11) is -1.51. The molecule has 2 fully saturated rings. The smallest absolute Gasteiger partial charge is 0.248 e. The number of amides is 1. The fraction of sp³-hybridized carbons (Fsp3) is 0.600. The molecule has 1 saturated heterocycles. The molecule has 1 aromatic heterocycles. The third-order valence-corrected chi connectivity index (χ3v) is 9.43. The summed E-state index contributed by atoms with van der Waals surface area (Å²) in [5.74, 6) is 0.0366. The number of carbonyl (C=O) groups is 1. The van der Waals surface area contributed by atoms with Gasteiger partial charge in [-0.05, 0) is 58.2 Å². The van der Waals surface area contributed by atoms with Gasteiger partial charge in [-0.25, -0.2) is 8.42 Å².